The second-order valence-electron chi connectivity index (χ2n) is 4.66. The molecular formula is C16H19NO4S. The molecule has 0 aliphatic rings. The van der Waals surface area contributed by atoms with Gasteiger partial charge in [0, 0.05) is 6.54 Å². The molecule has 0 aliphatic heterocycles. The fourth-order valence-electron chi connectivity index (χ4n) is 2.01. The molecule has 0 saturated heterocycles. The number of nitrogens with one attached hydrogen (secondary N) is 1. The number of para-hydroxylation sites is 2. The highest BCUT2D eigenvalue weighted by Gasteiger charge is 2.15. The fraction of sp³-hybridized carbons (Fsp3) is 0.250. The van der Waals surface area contributed by atoms with Crippen LogP contribution >= 0.6 is 0 Å². The van der Waals surface area contributed by atoms with E-state index in [1.54, 1.807) is 50.4 Å². The Morgan fingerprint density at radius 1 is 1.00 bits per heavy atom. The summed E-state index contributed by atoms with van der Waals surface area (Å²) in [5, 5.41) is 0. The molecule has 118 valence electrons. The van der Waals surface area contributed by atoms with Crippen molar-refractivity contribution < 1.29 is 17.9 Å². The Kier molecular flexibility index (Phi) is 5.41. The molecule has 0 saturated carbocycles. The smallest absolute Gasteiger partial charge is 0.240 e. The zero-order chi connectivity index (χ0) is 16.0. The van der Waals surface area contributed by atoms with E-state index < -0.39 is 10.0 Å². The Hall–Kier alpha value is -2.05. The van der Waals surface area contributed by atoms with E-state index in [0.29, 0.717) is 17.1 Å². The van der Waals surface area contributed by atoms with Gasteiger partial charge in [0.15, 0.2) is 11.5 Å². The van der Waals surface area contributed by atoms with Gasteiger partial charge in [0.25, 0.3) is 0 Å². The van der Waals surface area contributed by atoms with E-state index in [1.807, 2.05) is 12.1 Å². The lowest BCUT2D eigenvalue weighted by Gasteiger charge is -2.12. The number of hydrogen-bond acceptors (Lipinski definition) is 4. The predicted octanol–water partition coefficient (Wildman–Crippen LogP) is 2.36. The van der Waals surface area contributed by atoms with Crippen LogP contribution in [0.15, 0.2) is 53.4 Å². The first-order chi connectivity index (χ1) is 10.5. The highest BCUT2D eigenvalue weighted by Crippen LogP contribution is 2.25. The van der Waals surface area contributed by atoms with Gasteiger partial charge >= 0.3 is 0 Å². The molecular weight excluding hydrogens is 302 g/mol. The Morgan fingerprint density at radius 2 is 1.64 bits per heavy atom. The van der Waals surface area contributed by atoms with E-state index in [4.69, 9.17) is 9.47 Å². The quantitative estimate of drug-likeness (QED) is 0.795. The van der Waals surface area contributed by atoms with E-state index in [9.17, 15) is 8.42 Å². The van der Waals surface area contributed by atoms with Crippen molar-refractivity contribution in [3.8, 4) is 11.5 Å². The predicted molar refractivity (Wildman–Crippen MR) is 84.9 cm³/mol. The van der Waals surface area contributed by atoms with Crippen LogP contribution in [-0.4, -0.2) is 28.7 Å². The third kappa shape index (κ3) is 3.99. The van der Waals surface area contributed by atoms with Crippen LogP contribution in [0.5, 0.6) is 11.5 Å². The molecule has 2 aromatic carbocycles. The van der Waals surface area contributed by atoms with E-state index in [0.717, 1.165) is 0 Å². The number of methoxy groups -OCH3 is 1. The van der Waals surface area contributed by atoms with Gasteiger partial charge < -0.3 is 9.47 Å². The third-order valence-corrected chi connectivity index (χ3v) is 4.73. The minimum absolute atomic E-state index is 0.175. The van der Waals surface area contributed by atoms with Crippen molar-refractivity contribution in [2.75, 3.05) is 20.3 Å². The molecule has 2 aromatic rings. The summed E-state index contributed by atoms with van der Waals surface area (Å²) in [5.74, 6) is 1.20. The number of aryl methyl sites for hydroxylation is 1. The summed E-state index contributed by atoms with van der Waals surface area (Å²) in [4.78, 5) is 0.285. The van der Waals surface area contributed by atoms with Crippen LogP contribution in [0.1, 0.15) is 5.56 Å². The topological polar surface area (TPSA) is 64.6 Å². The Balaban J connectivity index is 1.92. The van der Waals surface area contributed by atoms with Gasteiger partial charge in [-0.05, 0) is 30.7 Å². The van der Waals surface area contributed by atoms with Gasteiger partial charge in [-0.3, -0.25) is 0 Å². The molecule has 2 rings (SSSR count). The van der Waals surface area contributed by atoms with Crippen molar-refractivity contribution in [3.63, 3.8) is 0 Å². The summed E-state index contributed by atoms with van der Waals surface area (Å²) in [5.41, 5.74) is 0.709. The van der Waals surface area contributed by atoms with E-state index in [2.05, 4.69) is 4.72 Å². The average Bonchev–Trinajstić information content (AvgIpc) is 2.52. The first-order valence-electron chi connectivity index (χ1n) is 6.86. The molecule has 0 fully saturated rings. The lowest BCUT2D eigenvalue weighted by molar-refractivity contribution is 0.298. The number of rotatable bonds is 7. The normalized spacial score (nSPS) is 11.2. The van der Waals surface area contributed by atoms with Gasteiger partial charge in [-0.15, -0.1) is 0 Å². The van der Waals surface area contributed by atoms with Crippen molar-refractivity contribution in [1.82, 2.24) is 4.72 Å². The number of benzene rings is 2. The zero-order valence-corrected chi connectivity index (χ0v) is 13.4. The van der Waals surface area contributed by atoms with Crippen LogP contribution in [0.25, 0.3) is 0 Å². The summed E-state index contributed by atoms with van der Waals surface area (Å²) in [7, 11) is -1.96. The number of ether oxygens (including phenoxy) is 2. The molecule has 0 spiro atoms. The van der Waals surface area contributed by atoms with Crippen molar-refractivity contribution in [1.29, 1.82) is 0 Å². The lowest BCUT2D eigenvalue weighted by Crippen LogP contribution is -2.28. The number of hydrogen-bond donors (Lipinski definition) is 1. The summed E-state index contributed by atoms with van der Waals surface area (Å²) >= 11 is 0. The molecule has 0 aliphatic carbocycles. The molecule has 0 amide bonds. The maximum atomic E-state index is 12.2. The van der Waals surface area contributed by atoms with Gasteiger partial charge in [0.2, 0.25) is 10.0 Å². The van der Waals surface area contributed by atoms with E-state index >= 15 is 0 Å². The molecule has 0 radical (unpaired) electrons. The second kappa shape index (κ2) is 7.29. The van der Waals surface area contributed by atoms with Crippen LogP contribution in [0.3, 0.4) is 0 Å². The maximum absolute atomic E-state index is 12.2. The summed E-state index contributed by atoms with van der Waals surface area (Å²) in [6.45, 7) is 2.15. The summed E-state index contributed by atoms with van der Waals surface area (Å²) < 4.78 is 37.6. The second-order valence-corrected chi connectivity index (χ2v) is 6.40. The molecule has 5 nitrogen and oxygen atoms in total. The van der Waals surface area contributed by atoms with Crippen LogP contribution < -0.4 is 14.2 Å². The molecule has 0 atom stereocenters. The van der Waals surface area contributed by atoms with Gasteiger partial charge in [-0.2, -0.15) is 0 Å². The molecule has 0 heterocycles. The van der Waals surface area contributed by atoms with Gasteiger partial charge in [0.05, 0.1) is 12.0 Å². The Labute approximate surface area is 130 Å². The van der Waals surface area contributed by atoms with Crippen molar-refractivity contribution in [3.05, 3.63) is 54.1 Å². The van der Waals surface area contributed by atoms with Gasteiger partial charge in [-0.1, -0.05) is 30.3 Å². The zero-order valence-electron chi connectivity index (χ0n) is 12.6. The Morgan fingerprint density at radius 3 is 2.32 bits per heavy atom. The van der Waals surface area contributed by atoms with Crippen LogP contribution in [-0.2, 0) is 10.0 Å². The minimum Gasteiger partial charge on any atom is -0.493 e. The van der Waals surface area contributed by atoms with Crippen LogP contribution in [0, 0.1) is 6.92 Å². The van der Waals surface area contributed by atoms with Crippen LogP contribution in [0.4, 0.5) is 0 Å². The molecule has 0 bridgehead atoms. The Bertz CT molecular complexity index is 728. The average molecular weight is 321 g/mol. The maximum Gasteiger partial charge on any atom is 0.240 e. The molecule has 0 aromatic heterocycles. The molecule has 22 heavy (non-hydrogen) atoms. The highest BCUT2D eigenvalue weighted by molar-refractivity contribution is 7.89. The van der Waals surface area contributed by atoms with Crippen molar-refractivity contribution in [2.24, 2.45) is 0 Å². The van der Waals surface area contributed by atoms with E-state index in [-0.39, 0.29) is 18.0 Å². The summed E-state index contributed by atoms with van der Waals surface area (Å²) in [6.07, 6.45) is 0. The molecule has 1 N–H and O–H groups in total. The minimum atomic E-state index is -3.52. The van der Waals surface area contributed by atoms with Gasteiger partial charge in [0.1, 0.15) is 6.61 Å². The van der Waals surface area contributed by atoms with Crippen LogP contribution in [0.2, 0.25) is 0 Å². The largest absolute Gasteiger partial charge is 0.493 e. The SMILES string of the molecule is COc1ccccc1OCCNS(=O)(=O)c1ccccc1C. The molecule has 6 heteroatoms. The van der Waals surface area contributed by atoms with E-state index in [1.165, 1.54) is 0 Å². The number of sulfonamides is 1. The monoisotopic (exact) mass is 321 g/mol. The lowest BCUT2D eigenvalue weighted by atomic mass is 10.2. The van der Waals surface area contributed by atoms with Crippen molar-refractivity contribution in [2.45, 2.75) is 11.8 Å². The van der Waals surface area contributed by atoms with Gasteiger partial charge in [-0.25, -0.2) is 13.1 Å². The summed E-state index contributed by atoms with van der Waals surface area (Å²) in [6, 6.07) is 14.1. The first-order valence-corrected chi connectivity index (χ1v) is 8.34. The molecule has 0 unspecified atom stereocenters. The fourth-order valence-corrected chi connectivity index (χ4v) is 3.27. The first kappa shape index (κ1) is 16.3. The highest BCUT2D eigenvalue weighted by atomic mass is 32.2. The van der Waals surface area contributed by atoms with Crippen molar-refractivity contribution >= 4 is 10.0 Å². The third-order valence-electron chi connectivity index (χ3n) is 3.10. The standard InChI is InChI=1S/C16H19NO4S/c1-13-7-3-6-10-16(13)22(18,19)17-11-12-21-15-9-5-4-8-14(15)20-2/h3-10,17H,11-12H2,1-2H3.